The molecule has 0 heterocycles. The molecule has 0 saturated carbocycles. The first-order valence-electron chi connectivity index (χ1n) is 3.46. The van der Waals surface area contributed by atoms with Gasteiger partial charge >= 0.3 is 7.12 Å². The number of hydrogen-bond donors (Lipinski definition) is 2. The lowest BCUT2D eigenvalue weighted by atomic mass is 9.80. The number of hydrogen-bond acceptors (Lipinski definition) is 3. The van der Waals surface area contributed by atoms with Crippen molar-refractivity contribution in [3.05, 3.63) is 22.4 Å². The maximum absolute atomic E-state index is 13.3. The van der Waals surface area contributed by atoms with Crippen LogP contribution in [-0.4, -0.2) is 23.4 Å². The average Bonchev–Trinajstić information content (AvgIpc) is 2.09. The van der Waals surface area contributed by atoms with Crippen molar-refractivity contribution in [3.8, 4) is 0 Å². The van der Waals surface area contributed by atoms with E-state index >= 15 is 0 Å². The summed E-state index contributed by atoms with van der Waals surface area (Å²) in [6.07, 6.45) is 1.68. The molecule has 0 amide bonds. The maximum Gasteiger partial charge on any atom is 0.489 e. The normalized spacial score (nSPS) is 10.2. The highest BCUT2D eigenvalue weighted by Gasteiger charge is 2.19. The van der Waals surface area contributed by atoms with Crippen molar-refractivity contribution in [2.75, 3.05) is 6.26 Å². The van der Waals surface area contributed by atoms with Crippen molar-refractivity contribution >= 4 is 40.3 Å². The van der Waals surface area contributed by atoms with Crippen molar-refractivity contribution in [2.24, 2.45) is 0 Å². The minimum atomic E-state index is -1.63. The minimum Gasteiger partial charge on any atom is -0.423 e. The van der Waals surface area contributed by atoms with Gasteiger partial charge in [0.05, 0.1) is 4.47 Å². The van der Waals surface area contributed by atoms with Gasteiger partial charge in [0.1, 0.15) is 0 Å². The Morgan fingerprint density at radius 2 is 2.08 bits per heavy atom. The summed E-state index contributed by atoms with van der Waals surface area (Å²) < 4.78 is 13.7. The van der Waals surface area contributed by atoms with E-state index in [9.17, 15) is 4.39 Å². The van der Waals surface area contributed by atoms with E-state index in [1.807, 2.05) is 0 Å². The first kappa shape index (κ1) is 11.0. The van der Waals surface area contributed by atoms with Gasteiger partial charge in [-0.2, -0.15) is 0 Å². The molecule has 13 heavy (non-hydrogen) atoms. The second kappa shape index (κ2) is 4.46. The van der Waals surface area contributed by atoms with Crippen LogP contribution < -0.4 is 5.46 Å². The minimum absolute atomic E-state index is 0.188. The smallest absolute Gasteiger partial charge is 0.423 e. The lowest BCUT2D eigenvalue weighted by Gasteiger charge is -2.08. The van der Waals surface area contributed by atoms with Gasteiger partial charge in [0.25, 0.3) is 0 Å². The van der Waals surface area contributed by atoms with Gasteiger partial charge in [-0.15, -0.1) is 11.8 Å². The molecule has 0 atom stereocenters. The molecule has 2 nitrogen and oxygen atoms in total. The van der Waals surface area contributed by atoms with Crippen LogP contribution >= 0.6 is 27.7 Å². The monoisotopic (exact) mass is 264 g/mol. The molecule has 0 aliphatic rings. The predicted molar refractivity (Wildman–Crippen MR) is 55.7 cm³/mol. The standard InChI is InChI=1S/C7H7BBrFO2S/c1-13-7-4(8(11)12)2-3-5(9)6(7)10/h2-3,11-12H,1H3. The molecule has 0 spiro atoms. The predicted octanol–water partition coefficient (Wildman–Crippen LogP) is 0.990. The number of rotatable bonds is 2. The molecule has 0 saturated heterocycles. The van der Waals surface area contributed by atoms with Crippen molar-refractivity contribution in [1.82, 2.24) is 0 Å². The Kier molecular flexibility index (Phi) is 3.79. The summed E-state index contributed by atoms with van der Waals surface area (Å²) in [5.74, 6) is -0.460. The molecular formula is C7H7BBrFO2S. The quantitative estimate of drug-likeness (QED) is 0.618. The fourth-order valence-corrected chi connectivity index (χ4v) is 2.12. The third-order valence-electron chi connectivity index (χ3n) is 1.56. The lowest BCUT2D eigenvalue weighted by Crippen LogP contribution is -2.32. The van der Waals surface area contributed by atoms with Gasteiger partial charge in [-0.3, -0.25) is 0 Å². The summed E-state index contributed by atoms with van der Waals surface area (Å²) in [6.45, 7) is 0. The first-order valence-corrected chi connectivity index (χ1v) is 5.47. The molecule has 1 rings (SSSR count). The van der Waals surface area contributed by atoms with Crippen molar-refractivity contribution in [1.29, 1.82) is 0 Å². The van der Waals surface area contributed by atoms with Crippen LogP contribution in [-0.2, 0) is 0 Å². The SMILES string of the molecule is CSc1c(B(O)O)ccc(Br)c1F. The van der Waals surface area contributed by atoms with E-state index in [1.54, 1.807) is 6.26 Å². The van der Waals surface area contributed by atoms with Gasteiger partial charge in [-0.1, -0.05) is 6.07 Å². The molecule has 0 bridgehead atoms. The molecular weight excluding hydrogens is 258 g/mol. The van der Waals surface area contributed by atoms with Crippen LogP contribution in [0.2, 0.25) is 0 Å². The van der Waals surface area contributed by atoms with E-state index < -0.39 is 12.9 Å². The van der Waals surface area contributed by atoms with Crippen LogP contribution in [0.4, 0.5) is 4.39 Å². The van der Waals surface area contributed by atoms with E-state index in [4.69, 9.17) is 10.0 Å². The lowest BCUT2D eigenvalue weighted by molar-refractivity contribution is 0.424. The van der Waals surface area contributed by atoms with Gasteiger partial charge in [0.15, 0.2) is 5.82 Å². The van der Waals surface area contributed by atoms with Crippen molar-refractivity contribution in [2.45, 2.75) is 4.90 Å². The summed E-state index contributed by atoms with van der Waals surface area (Å²) in [5.41, 5.74) is 0.188. The second-order valence-corrected chi connectivity index (χ2v) is 4.03. The molecule has 0 unspecified atom stereocenters. The van der Waals surface area contributed by atoms with E-state index in [0.717, 1.165) is 11.8 Å². The third kappa shape index (κ3) is 2.25. The Morgan fingerprint density at radius 3 is 2.54 bits per heavy atom. The van der Waals surface area contributed by atoms with Crippen LogP contribution in [0.5, 0.6) is 0 Å². The van der Waals surface area contributed by atoms with E-state index in [1.165, 1.54) is 12.1 Å². The van der Waals surface area contributed by atoms with Crippen LogP contribution in [0.3, 0.4) is 0 Å². The van der Waals surface area contributed by atoms with Crippen LogP contribution in [0.15, 0.2) is 21.5 Å². The number of benzene rings is 1. The fourth-order valence-electron chi connectivity index (χ4n) is 0.958. The second-order valence-electron chi connectivity index (χ2n) is 2.36. The zero-order valence-corrected chi connectivity index (χ0v) is 9.19. The Bertz CT molecular complexity index is 322. The Morgan fingerprint density at radius 1 is 1.46 bits per heavy atom. The van der Waals surface area contributed by atoms with E-state index in [-0.39, 0.29) is 10.4 Å². The van der Waals surface area contributed by atoms with Crippen LogP contribution in [0.1, 0.15) is 0 Å². The molecule has 0 aliphatic carbocycles. The topological polar surface area (TPSA) is 40.5 Å². The number of halogens is 2. The van der Waals surface area contributed by atoms with Gasteiger partial charge in [-0.25, -0.2) is 4.39 Å². The largest absolute Gasteiger partial charge is 0.489 e. The Hall–Kier alpha value is -0.0351. The summed E-state index contributed by atoms with van der Waals surface area (Å²) >= 11 is 4.16. The van der Waals surface area contributed by atoms with Crippen molar-refractivity contribution in [3.63, 3.8) is 0 Å². The Labute approximate surface area is 88.4 Å². The van der Waals surface area contributed by atoms with Gasteiger partial charge < -0.3 is 10.0 Å². The first-order chi connectivity index (χ1) is 6.07. The zero-order chi connectivity index (χ0) is 10.0. The summed E-state index contributed by atoms with van der Waals surface area (Å²) in [7, 11) is -1.63. The molecule has 1 aromatic carbocycles. The summed E-state index contributed by atoms with van der Waals surface area (Å²) in [5, 5.41) is 17.8. The molecule has 6 heteroatoms. The molecule has 0 fully saturated rings. The average molecular weight is 265 g/mol. The van der Waals surface area contributed by atoms with Gasteiger partial charge in [-0.05, 0) is 33.7 Å². The highest BCUT2D eigenvalue weighted by molar-refractivity contribution is 9.10. The molecule has 70 valence electrons. The highest BCUT2D eigenvalue weighted by Crippen LogP contribution is 2.23. The third-order valence-corrected chi connectivity index (χ3v) is 3.00. The summed E-state index contributed by atoms with van der Waals surface area (Å²) in [4.78, 5) is 0.254. The van der Waals surface area contributed by atoms with Crippen LogP contribution in [0, 0.1) is 5.82 Å². The molecule has 1 aromatic rings. The maximum atomic E-state index is 13.3. The fraction of sp³-hybridized carbons (Fsp3) is 0.143. The van der Waals surface area contributed by atoms with Crippen LogP contribution in [0.25, 0.3) is 0 Å². The molecule has 0 aromatic heterocycles. The van der Waals surface area contributed by atoms with Gasteiger partial charge in [0, 0.05) is 4.90 Å². The summed E-state index contributed by atoms with van der Waals surface area (Å²) in [6, 6.07) is 2.92. The highest BCUT2D eigenvalue weighted by atomic mass is 79.9. The van der Waals surface area contributed by atoms with E-state index in [0.29, 0.717) is 4.47 Å². The molecule has 2 N–H and O–H groups in total. The number of thioether (sulfide) groups is 1. The van der Waals surface area contributed by atoms with E-state index in [2.05, 4.69) is 15.9 Å². The van der Waals surface area contributed by atoms with Gasteiger partial charge in [0.2, 0.25) is 0 Å². The molecule has 0 radical (unpaired) electrons. The Balaban J connectivity index is 3.30. The molecule has 0 aliphatic heterocycles. The zero-order valence-electron chi connectivity index (χ0n) is 6.79. The van der Waals surface area contributed by atoms with Crippen molar-refractivity contribution < 1.29 is 14.4 Å².